The normalized spacial score (nSPS) is 18.2. The fourth-order valence-corrected chi connectivity index (χ4v) is 4.27. The molecule has 0 unspecified atom stereocenters. The Kier molecular flexibility index (Phi) is 8.55. The summed E-state index contributed by atoms with van der Waals surface area (Å²) in [5, 5.41) is 8.35. The van der Waals surface area contributed by atoms with Gasteiger partial charge in [0.15, 0.2) is 0 Å². The number of nitrogen functional groups attached to an aromatic ring is 1. The molecule has 0 spiro atoms. The van der Waals surface area contributed by atoms with Crippen LogP contribution < -0.4 is 21.7 Å². The first kappa shape index (κ1) is 28.1. The molecule has 2 aromatic rings. The molecule has 0 radical (unpaired) electrons. The molecule has 37 heavy (non-hydrogen) atoms. The topological polar surface area (TPSA) is 150 Å². The first-order valence-corrected chi connectivity index (χ1v) is 12.7. The molecule has 1 aliphatic carbocycles. The van der Waals surface area contributed by atoms with Crippen molar-refractivity contribution >= 4 is 34.9 Å². The minimum atomic E-state index is -0.650. The lowest BCUT2D eigenvalue weighted by Gasteiger charge is -2.29. The molecule has 3 amide bonds. The van der Waals surface area contributed by atoms with Crippen molar-refractivity contribution in [2.45, 2.75) is 90.4 Å². The minimum Gasteiger partial charge on any atom is -0.444 e. The van der Waals surface area contributed by atoms with E-state index in [1.807, 2.05) is 26.8 Å². The number of nitrogens with two attached hydrogens (primary N) is 1. The number of carbonyl (C=O) groups excluding carboxylic acids is 3. The molecular formula is C26H40N6O5. The molecule has 1 aliphatic rings. The quantitative estimate of drug-likeness (QED) is 0.343. The van der Waals surface area contributed by atoms with Gasteiger partial charge in [0.2, 0.25) is 0 Å². The molecule has 0 bridgehead atoms. The van der Waals surface area contributed by atoms with Gasteiger partial charge in [-0.2, -0.15) is 0 Å². The zero-order valence-electron chi connectivity index (χ0n) is 22.6. The van der Waals surface area contributed by atoms with Crippen LogP contribution in [0.15, 0.2) is 18.2 Å². The van der Waals surface area contributed by atoms with Crippen molar-refractivity contribution in [1.82, 2.24) is 25.5 Å². The van der Waals surface area contributed by atoms with Crippen LogP contribution in [0.2, 0.25) is 0 Å². The number of nitrogens with one attached hydrogen (secondary N) is 3. The lowest BCUT2D eigenvalue weighted by Crippen LogP contribution is -2.46. The number of hydrogen-bond acceptors (Lipinski definition) is 7. The second kappa shape index (κ2) is 11.3. The molecule has 11 heteroatoms. The van der Waals surface area contributed by atoms with E-state index in [0.717, 1.165) is 25.7 Å². The monoisotopic (exact) mass is 516 g/mol. The Balaban J connectivity index is 1.55. The van der Waals surface area contributed by atoms with Crippen molar-refractivity contribution in [2.24, 2.45) is 0 Å². The van der Waals surface area contributed by atoms with E-state index in [0.29, 0.717) is 22.5 Å². The number of carbonyl (C=O) groups is 3. The van der Waals surface area contributed by atoms with Crippen LogP contribution in [-0.2, 0) is 9.47 Å². The van der Waals surface area contributed by atoms with Crippen molar-refractivity contribution in [3.8, 4) is 0 Å². The molecule has 1 fully saturated rings. The maximum Gasteiger partial charge on any atom is 0.420 e. The number of hydrogen-bond donors (Lipinski definition) is 4. The van der Waals surface area contributed by atoms with E-state index >= 15 is 0 Å². The molecule has 0 aliphatic heterocycles. The number of anilines is 1. The van der Waals surface area contributed by atoms with Crippen LogP contribution >= 0.6 is 0 Å². The summed E-state index contributed by atoms with van der Waals surface area (Å²) in [6.07, 6.45) is 2.00. The van der Waals surface area contributed by atoms with E-state index in [9.17, 15) is 14.4 Å². The van der Waals surface area contributed by atoms with Gasteiger partial charge in [0.25, 0.3) is 0 Å². The molecule has 0 saturated heterocycles. The van der Waals surface area contributed by atoms with Crippen LogP contribution in [0.3, 0.4) is 0 Å². The van der Waals surface area contributed by atoms with E-state index in [2.05, 4.69) is 16.0 Å². The van der Waals surface area contributed by atoms with Gasteiger partial charge in [-0.05, 0) is 85.4 Å². The number of fused-ring (bicyclic) bond motifs is 1. The highest BCUT2D eigenvalue weighted by atomic mass is 16.6. The van der Waals surface area contributed by atoms with Gasteiger partial charge < -0.3 is 31.2 Å². The zero-order chi connectivity index (χ0) is 27.4. The smallest absolute Gasteiger partial charge is 0.420 e. The van der Waals surface area contributed by atoms with E-state index in [4.69, 9.17) is 20.2 Å². The summed E-state index contributed by atoms with van der Waals surface area (Å²) in [6.45, 7) is 11.4. The highest BCUT2D eigenvalue weighted by Gasteiger charge is 2.31. The van der Waals surface area contributed by atoms with E-state index in [1.54, 1.807) is 37.5 Å². The molecule has 1 aromatic carbocycles. The number of amides is 3. The van der Waals surface area contributed by atoms with Crippen molar-refractivity contribution in [1.29, 1.82) is 0 Å². The van der Waals surface area contributed by atoms with Crippen LogP contribution in [0.25, 0.3) is 11.0 Å². The maximum absolute atomic E-state index is 13.1. The lowest BCUT2D eigenvalue weighted by molar-refractivity contribution is 0.0519. The molecule has 0 atom stereocenters. The predicted molar refractivity (Wildman–Crippen MR) is 142 cm³/mol. The Morgan fingerprint density at radius 3 is 2.22 bits per heavy atom. The first-order chi connectivity index (χ1) is 17.2. The number of ether oxygens (including phenoxy) is 2. The second-order valence-corrected chi connectivity index (χ2v) is 11.4. The Morgan fingerprint density at radius 1 is 0.973 bits per heavy atom. The molecule has 204 valence electrons. The summed E-state index contributed by atoms with van der Waals surface area (Å²) >= 11 is 0. The standard InChI is InChI=1S/C26H40N6O5/c1-25(2,3)36-23(34)29-14-13-28-22(33)30-18-10-7-16(8-11-18)21-31-19-12-9-17(27)15-20(19)32(21)24(35)37-26(4,5)6/h9,12,15-16,18H,7-8,10-11,13-14,27H2,1-6H3,(H,29,34)(H2,28,30,33). The first-order valence-electron chi connectivity index (χ1n) is 12.7. The molecule has 1 heterocycles. The third-order valence-electron chi connectivity index (χ3n) is 5.79. The molecule has 3 rings (SSSR count). The Labute approximate surface area is 217 Å². The average Bonchev–Trinajstić information content (AvgIpc) is 3.13. The second-order valence-electron chi connectivity index (χ2n) is 11.4. The number of rotatable bonds is 5. The largest absolute Gasteiger partial charge is 0.444 e. The summed E-state index contributed by atoms with van der Waals surface area (Å²) in [4.78, 5) is 41.9. The van der Waals surface area contributed by atoms with Crippen molar-refractivity contribution in [2.75, 3.05) is 18.8 Å². The van der Waals surface area contributed by atoms with Crippen LogP contribution in [0, 0.1) is 0 Å². The summed E-state index contributed by atoms with van der Waals surface area (Å²) in [6, 6.07) is 5.03. The summed E-state index contributed by atoms with van der Waals surface area (Å²) in [5.41, 5.74) is 6.63. The SMILES string of the molecule is CC(C)(C)OC(=O)NCCNC(=O)NC1CCC(c2nc3ccc(N)cc3n2C(=O)OC(C)(C)C)CC1. The lowest BCUT2D eigenvalue weighted by atomic mass is 9.85. The molecule has 1 aromatic heterocycles. The number of imidazole rings is 1. The third-order valence-corrected chi connectivity index (χ3v) is 5.79. The average molecular weight is 517 g/mol. The van der Waals surface area contributed by atoms with Gasteiger partial charge in [-0.3, -0.25) is 0 Å². The highest BCUT2D eigenvalue weighted by molar-refractivity contribution is 5.89. The van der Waals surface area contributed by atoms with Gasteiger partial charge in [-0.25, -0.2) is 23.9 Å². The van der Waals surface area contributed by atoms with Crippen LogP contribution in [0.5, 0.6) is 0 Å². The van der Waals surface area contributed by atoms with Crippen molar-refractivity contribution in [3.63, 3.8) is 0 Å². The van der Waals surface area contributed by atoms with Gasteiger partial charge in [0.05, 0.1) is 11.0 Å². The number of aromatic nitrogens is 2. The summed E-state index contributed by atoms with van der Waals surface area (Å²) in [5.74, 6) is 0.700. The number of urea groups is 1. The summed E-state index contributed by atoms with van der Waals surface area (Å²) in [7, 11) is 0. The van der Waals surface area contributed by atoms with Gasteiger partial charge in [0, 0.05) is 30.7 Å². The van der Waals surface area contributed by atoms with Crippen molar-refractivity contribution in [3.05, 3.63) is 24.0 Å². The fraction of sp³-hybridized carbons (Fsp3) is 0.615. The van der Waals surface area contributed by atoms with Gasteiger partial charge in [-0.1, -0.05) is 0 Å². The van der Waals surface area contributed by atoms with Crippen molar-refractivity contribution < 1.29 is 23.9 Å². The Bertz CT molecular complexity index is 1120. The minimum absolute atomic E-state index is 0.00469. The fourth-order valence-electron chi connectivity index (χ4n) is 4.27. The summed E-state index contributed by atoms with van der Waals surface area (Å²) < 4.78 is 12.4. The highest BCUT2D eigenvalue weighted by Crippen LogP contribution is 2.35. The maximum atomic E-state index is 13.1. The van der Waals surface area contributed by atoms with Crippen LogP contribution in [-0.4, -0.2) is 58.1 Å². The third kappa shape index (κ3) is 8.26. The van der Waals surface area contributed by atoms with Crippen LogP contribution in [0.4, 0.5) is 20.1 Å². The molecular weight excluding hydrogens is 476 g/mol. The number of benzene rings is 1. The van der Waals surface area contributed by atoms with Crippen LogP contribution in [0.1, 0.15) is 79.0 Å². The number of alkyl carbamates (subject to hydrolysis) is 1. The number of nitrogens with zero attached hydrogens (tertiary/aromatic N) is 2. The molecule has 1 saturated carbocycles. The zero-order valence-corrected chi connectivity index (χ0v) is 22.6. The van der Waals surface area contributed by atoms with E-state index in [1.165, 1.54) is 0 Å². The van der Waals surface area contributed by atoms with Gasteiger partial charge in [-0.15, -0.1) is 0 Å². The van der Waals surface area contributed by atoms with Gasteiger partial charge >= 0.3 is 18.2 Å². The molecule has 11 nitrogen and oxygen atoms in total. The Morgan fingerprint density at radius 2 is 1.59 bits per heavy atom. The van der Waals surface area contributed by atoms with E-state index < -0.39 is 23.4 Å². The molecule has 5 N–H and O–H groups in total. The Hall–Kier alpha value is -3.50. The van der Waals surface area contributed by atoms with E-state index in [-0.39, 0.29) is 31.1 Å². The van der Waals surface area contributed by atoms with Gasteiger partial charge in [0.1, 0.15) is 17.0 Å². The predicted octanol–water partition coefficient (Wildman–Crippen LogP) is 4.25.